The number of hydrogen-bond acceptors (Lipinski definition) is 4. The summed E-state index contributed by atoms with van der Waals surface area (Å²) in [7, 11) is -2.45. The quantitative estimate of drug-likeness (QED) is 0.669. The van der Waals surface area contributed by atoms with Crippen LogP contribution in [0.15, 0.2) is 53.4 Å². The molecule has 0 saturated heterocycles. The van der Waals surface area contributed by atoms with Gasteiger partial charge in [-0.1, -0.05) is 29.5 Å². The number of sulfonamides is 1. The van der Waals surface area contributed by atoms with E-state index in [4.69, 9.17) is 11.6 Å². The highest BCUT2D eigenvalue weighted by molar-refractivity contribution is 7.89. The molecular weight excluding hydrogens is 350 g/mol. The van der Waals surface area contributed by atoms with Crippen molar-refractivity contribution in [3.05, 3.63) is 64.7 Å². The van der Waals surface area contributed by atoms with Crippen molar-refractivity contribution >= 4 is 27.6 Å². The number of carbonyl (C=O) groups excluding carboxylic acids is 1. The first-order valence-electron chi connectivity index (χ1n) is 6.85. The molecule has 0 saturated carbocycles. The maximum absolute atomic E-state index is 12.1. The predicted molar refractivity (Wildman–Crippen MR) is 91.3 cm³/mol. The van der Waals surface area contributed by atoms with Crippen molar-refractivity contribution in [2.75, 3.05) is 13.7 Å². The van der Waals surface area contributed by atoms with E-state index in [9.17, 15) is 13.2 Å². The smallest absolute Gasteiger partial charge is 0.337 e. The van der Waals surface area contributed by atoms with E-state index >= 15 is 0 Å². The van der Waals surface area contributed by atoms with Crippen LogP contribution in [0.2, 0.25) is 5.02 Å². The number of hydrogen-bond donors (Lipinski definition) is 1. The minimum absolute atomic E-state index is 0.0414. The first-order valence-corrected chi connectivity index (χ1v) is 8.71. The van der Waals surface area contributed by atoms with E-state index in [1.165, 1.54) is 31.4 Å². The standard InChI is InChI=1S/C17H14ClNO4S/c1-23-17(20)14-7-9-16(10-8-14)24(21,22)19-11-3-5-13-4-2-6-15(18)12-13/h2,4,6-10,12,19H,11H2,1H3. The van der Waals surface area contributed by atoms with Gasteiger partial charge in [0.15, 0.2) is 0 Å². The molecule has 0 radical (unpaired) electrons. The van der Waals surface area contributed by atoms with E-state index in [1.54, 1.807) is 24.3 Å². The molecule has 0 aliphatic heterocycles. The topological polar surface area (TPSA) is 72.5 Å². The fourth-order valence-corrected chi connectivity index (χ4v) is 2.93. The fourth-order valence-electron chi connectivity index (χ4n) is 1.81. The lowest BCUT2D eigenvalue weighted by Crippen LogP contribution is -2.24. The molecule has 0 aromatic heterocycles. The lowest BCUT2D eigenvalue weighted by atomic mass is 10.2. The number of halogens is 1. The van der Waals surface area contributed by atoms with Gasteiger partial charge in [0.2, 0.25) is 10.0 Å². The van der Waals surface area contributed by atoms with Crippen LogP contribution in [-0.2, 0) is 14.8 Å². The van der Waals surface area contributed by atoms with Crippen molar-refractivity contribution in [1.82, 2.24) is 4.72 Å². The van der Waals surface area contributed by atoms with E-state index in [2.05, 4.69) is 21.3 Å². The third-order valence-electron chi connectivity index (χ3n) is 2.99. The van der Waals surface area contributed by atoms with Crippen molar-refractivity contribution in [2.45, 2.75) is 4.90 Å². The van der Waals surface area contributed by atoms with E-state index < -0.39 is 16.0 Å². The van der Waals surface area contributed by atoms with Gasteiger partial charge in [0.25, 0.3) is 0 Å². The highest BCUT2D eigenvalue weighted by atomic mass is 35.5. The summed E-state index contributed by atoms with van der Waals surface area (Å²) in [5.41, 5.74) is 0.973. The summed E-state index contributed by atoms with van der Waals surface area (Å²) in [4.78, 5) is 11.4. The molecule has 0 unspecified atom stereocenters. The van der Waals surface area contributed by atoms with E-state index in [1.807, 2.05) is 0 Å². The Morgan fingerprint density at radius 3 is 2.54 bits per heavy atom. The molecule has 2 aromatic carbocycles. The van der Waals surface area contributed by atoms with Gasteiger partial charge in [-0.2, -0.15) is 4.72 Å². The average Bonchev–Trinajstić information content (AvgIpc) is 2.58. The SMILES string of the molecule is COC(=O)c1ccc(S(=O)(=O)NCC#Cc2cccc(Cl)c2)cc1. The molecule has 24 heavy (non-hydrogen) atoms. The zero-order valence-electron chi connectivity index (χ0n) is 12.7. The van der Waals surface area contributed by atoms with Crippen LogP contribution in [0.5, 0.6) is 0 Å². The first kappa shape index (κ1) is 18.0. The number of rotatable bonds is 4. The molecule has 2 rings (SSSR count). The molecule has 0 amide bonds. The van der Waals surface area contributed by atoms with Crippen LogP contribution in [0, 0.1) is 11.8 Å². The highest BCUT2D eigenvalue weighted by Gasteiger charge is 2.14. The van der Waals surface area contributed by atoms with Crippen LogP contribution in [0.4, 0.5) is 0 Å². The number of esters is 1. The van der Waals surface area contributed by atoms with Gasteiger partial charge in [-0.15, -0.1) is 0 Å². The molecule has 1 N–H and O–H groups in total. The van der Waals surface area contributed by atoms with Gasteiger partial charge in [-0.3, -0.25) is 0 Å². The Bertz CT molecular complexity index is 896. The van der Waals surface area contributed by atoms with Crippen molar-refractivity contribution in [1.29, 1.82) is 0 Å². The predicted octanol–water partition coefficient (Wildman–Crippen LogP) is 2.46. The van der Waals surface area contributed by atoms with Gasteiger partial charge in [-0.05, 0) is 42.5 Å². The molecule has 0 aliphatic carbocycles. The Balaban J connectivity index is 2.03. The molecule has 7 heteroatoms. The van der Waals surface area contributed by atoms with Gasteiger partial charge >= 0.3 is 5.97 Å². The summed E-state index contributed by atoms with van der Waals surface area (Å²) in [6.45, 7) is -0.0480. The van der Waals surface area contributed by atoms with Gasteiger partial charge in [0.1, 0.15) is 0 Å². The van der Waals surface area contributed by atoms with Crippen molar-refractivity contribution < 1.29 is 17.9 Å². The second kappa shape index (κ2) is 7.97. The maximum atomic E-state index is 12.1. The normalized spacial score (nSPS) is 10.6. The molecule has 0 heterocycles. The molecule has 0 spiro atoms. The number of ether oxygens (including phenoxy) is 1. The molecule has 0 aliphatic rings. The zero-order valence-corrected chi connectivity index (χ0v) is 14.3. The minimum atomic E-state index is -3.70. The number of carbonyl (C=O) groups is 1. The Morgan fingerprint density at radius 2 is 1.92 bits per heavy atom. The first-order chi connectivity index (χ1) is 11.4. The van der Waals surface area contributed by atoms with Crippen LogP contribution >= 0.6 is 11.6 Å². The van der Waals surface area contributed by atoms with Crippen LogP contribution in [0.25, 0.3) is 0 Å². The molecule has 124 valence electrons. The van der Waals surface area contributed by atoms with Gasteiger partial charge in [0, 0.05) is 10.6 Å². The van der Waals surface area contributed by atoms with Crippen molar-refractivity contribution in [3.8, 4) is 11.8 Å². The van der Waals surface area contributed by atoms with Crippen LogP contribution < -0.4 is 4.72 Å². The van der Waals surface area contributed by atoms with Crippen molar-refractivity contribution in [2.24, 2.45) is 0 Å². The third-order valence-corrected chi connectivity index (χ3v) is 4.65. The third kappa shape index (κ3) is 4.83. The second-order valence-electron chi connectivity index (χ2n) is 4.65. The number of methoxy groups -OCH3 is 1. The summed E-state index contributed by atoms with van der Waals surface area (Å²) in [6, 6.07) is 12.4. The van der Waals surface area contributed by atoms with Gasteiger partial charge in [0.05, 0.1) is 24.1 Å². The number of nitrogens with one attached hydrogen (secondary N) is 1. The summed E-state index contributed by atoms with van der Waals surface area (Å²) in [5, 5.41) is 0.563. The lowest BCUT2D eigenvalue weighted by Gasteiger charge is -2.05. The highest BCUT2D eigenvalue weighted by Crippen LogP contribution is 2.11. The Morgan fingerprint density at radius 1 is 1.21 bits per heavy atom. The van der Waals surface area contributed by atoms with Crippen molar-refractivity contribution in [3.63, 3.8) is 0 Å². The molecule has 5 nitrogen and oxygen atoms in total. The van der Waals surface area contributed by atoms with Crippen LogP contribution in [0.3, 0.4) is 0 Å². The summed E-state index contributed by atoms with van der Waals surface area (Å²) in [5.74, 6) is 5.01. The van der Waals surface area contributed by atoms with Crippen LogP contribution in [-0.4, -0.2) is 28.0 Å². The van der Waals surface area contributed by atoms with E-state index in [0.717, 1.165) is 0 Å². The largest absolute Gasteiger partial charge is 0.465 e. The average molecular weight is 364 g/mol. The Labute approximate surface area is 145 Å². The Hall–Kier alpha value is -2.33. The minimum Gasteiger partial charge on any atom is -0.465 e. The second-order valence-corrected chi connectivity index (χ2v) is 6.86. The summed E-state index contributed by atoms with van der Waals surface area (Å²) < 4.78 is 31.2. The van der Waals surface area contributed by atoms with Gasteiger partial charge in [-0.25, -0.2) is 13.2 Å². The van der Waals surface area contributed by atoms with Crippen LogP contribution in [0.1, 0.15) is 15.9 Å². The molecular formula is C17H14ClNO4S. The molecule has 2 aromatic rings. The zero-order chi connectivity index (χ0) is 17.6. The lowest BCUT2D eigenvalue weighted by molar-refractivity contribution is 0.0600. The summed E-state index contributed by atoms with van der Waals surface area (Å²) >= 11 is 5.84. The molecule has 0 atom stereocenters. The summed E-state index contributed by atoms with van der Waals surface area (Å²) in [6.07, 6.45) is 0. The van der Waals surface area contributed by atoms with Gasteiger partial charge < -0.3 is 4.74 Å². The number of benzene rings is 2. The molecule has 0 fully saturated rings. The fraction of sp³-hybridized carbons (Fsp3) is 0.118. The van der Waals surface area contributed by atoms with E-state index in [0.29, 0.717) is 10.6 Å². The molecule has 0 bridgehead atoms. The van der Waals surface area contributed by atoms with E-state index in [-0.39, 0.29) is 17.0 Å². The Kier molecular flexibility index (Phi) is 5.99. The monoisotopic (exact) mass is 363 g/mol. The maximum Gasteiger partial charge on any atom is 0.337 e.